The van der Waals surface area contributed by atoms with Crippen molar-refractivity contribution in [1.29, 1.82) is 0 Å². The van der Waals surface area contributed by atoms with Crippen molar-refractivity contribution in [2.45, 2.75) is 26.1 Å². The van der Waals surface area contributed by atoms with Crippen LogP contribution in [0.4, 0.5) is 0 Å². The van der Waals surface area contributed by atoms with E-state index in [-0.39, 0.29) is 0 Å². The van der Waals surface area contributed by atoms with E-state index in [9.17, 15) is 15.0 Å². The van der Waals surface area contributed by atoms with Gasteiger partial charge in [-0.1, -0.05) is 5.16 Å². The molecular weight excluding hydrogens is 188 g/mol. The molecule has 0 aromatic carbocycles. The number of hydrogen-bond donors (Lipinski definition) is 3. The molecule has 0 aliphatic rings. The summed E-state index contributed by atoms with van der Waals surface area (Å²) in [6.45, 7) is 3.18. The third-order valence-electron chi connectivity index (χ3n) is 1.97. The van der Waals surface area contributed by atoms with E-state index >= 15 is 0 Å². The van der Waals surface area contributed by atoms with Crippen molar-refractivity contribution in [3.05, 3.63) is 17.0 Å². The Hall–Kier alpha value is -1.40. The zero-order chi connectivity index (χ0) is 10.9. The Labute approximate surface area is 80.3 Å². The molecule has 1 aromatic heterocycles. The summed E-state index contributed by atoms with van der Waals surface area (Å²) in [5.74, 6) is -0.632. The zero-order valence-corrected chi connectivity index (χ0v) is 7.89. The van der Waals surface area contributed by atoms with Crippen molar-refractivity contribution in [2.24, 2.45) is 5.73 Å². The van der Waals surface area contributed by atoms with E-state index in [0.717, 1.165) is 0 Å². The first-order chi connectivity index (χ1) is 6.45. The van der Waals surface area contributed by atoms with Gasteiger partial charge < -0.3 is 20.5 Å². The van der Waals surface area contributed by atoms with Crippen LogP contribution in [0.3, 0.4) is 0 Å². The van der Waals surface area contributed by atoms with Crippen LogP contribution in [0.5, 0.6) is 0 Å². The Balaban J connectivity index is 2.99. The maximum atomic E-state index is 10.6. The summed E-state index contributed by atoms with van der Waals surface area (Å²) in [4.78, 5) is 10.6. The molecule has 6 heteroatoms. The second kappa shape index (κ2) is 3.77. The Morgan fingerprint density at radius 1 is 1.50 bits per heavy atom. The van der Waals surface area contributed by atoms with Crippen LogP contribution in [-0.4, -0.2) is 27.4 Å². The van der Waals surface area contributed by atoms with E-state index in [1.54, 1.807) is 13.8 Å². The second-order valence-corrected chi connectivity index (χ2v) is 3.03. The van der Waals surface area contributed by atoms with E-state index in [4.69, 9.17) is 10.3 Å². The predicted molar refractivity (Wildman–Crippen MR) is 46.1 cm³/mol. The minimum absolute atomic E-state index is 0.302. The van der Waals surface area contributed by atoms with Crippen molar-refractivity contribution >= 4 is 5.91 Å². The summed E-state index contributed by atoms with van der Waals surface area (Å²) < 4.78 is 4.77. The number of hydrogen-bond acceptors (Lipinski definition) is 5. The lowest BCUT2D eigenvalue weighted by Crippen LogP contribution is -2.34. The number of aliphatic hydroxyl groups is 2. The van der Waals surface area contributed by atoms with Crippen LogP contribution >= 0.6 is 0 Å². The van der Waals surface area contributed by atoms with E-state index in [1.807, 2.05) is 0 Å². The number of carbonyl (C=O) groups excluding carboxylic acids is 1. The SMILES string of the molecule is Cc1noc(C)c1C(O)C(O)C(N)=O. The van der Waals surface area contributed by atoms with Gasteiger partial charge in [0, 0.05) is 5.56 Å². The fourth-order valence-electron chi connectivity index (χ4n) is 1.23. The van der Waals surface area contributed by atoms with Gasteiger partial charge in [0.1, 0.15) is 11.9 Å². The molecule has 0 radical (unpaired) electrons. The van der Waals surface area contributed by atoms with E-state index in [0.29, 0.717) is 17.0 Å². The van der Waals surface area contributed by atoms with Gasteiger partial charge in [0.2, 0.25) is 5.91 Å². The molecule has 0 aliphatic heterocycles. The summed E-state index contributed by atoms with van der Waals surface area (Å²) >= 11 is 0. The Bertz CT molecular complexity index is 328. The molecule has 4 N–H and O–H groups in total. The van der Waals surface area contributed by atoms with E-state index in [2.05, 4.69) is 5.16 Å². The van der Waals surface area contributed by atoms with Gasteiger partial charge in [-0.25, -0.2) is 0 Å². The average molecular weight is 200 g/mol. The fraction of sp³-hybridized carbons (Fsp3) is 0.500. The van der Waals surface area contributed by atoms with E-state index < -0.39 is 18.1 Å². The van der Waals surface area contributed by atoms with Gasteiger partial charge in [-0.3, -0.25) is 4.79 Å². The quantitative estimate of drug-likeness (QED) is 0.590. The molecule has 1 heterocycles. The molecule has 14 heavy (non-hydrogen) atoms. The van der Waals surface area contributed by atoms with Crippen molar-refractivity contribution < 1.29 is 19.5 Å². The number of nitrogens with zero attached hydrogens (tertiary/aromatic N) is 1. The largest absolute Gasteiger partial charge is 0.385 e. The molecule has 0 spiro atoms. The molecule has 2 atom stereocenters. The highest BCUT2D eigenvalue weighted by Gasteiger charge is 2.28. The number of primary amides is 1. The summed E-state index contributed by atoms with van der Waals surface area (Å²) in [6, 6.07) is 0. The topological polar surface area (TPSA) is 110 Å². The van der Waals surface area contributed by atoms with Crippen LogP contribution in [0.15, 0.2) is 4.52 Å². The normalized spacial score (nSPS) is 15.1. The van der Waals surface area contributed by atoms with Gasteiger partial charge in [-0.2, -0.15) is 0 Å². The van der Waals surface area contributed by atoms with Crippen LogP contribution < -0.4 is 5.73 Å². The monoisotopic (exact) mass is 200 g/mol. The number of aryl methyl sites for hydroxylation is 2. The number of aromatic nitrogens is 1. The van der Waals surface area contributed by atoms with E-state index in [1.165, 1.54) is 0 Å². The lowest BCUT2D eigenvalue weighted by Gasteiger charge is -2.13. The third-order valence-corrected chi connectivity index (χ3v) is 1.97. The minimum Gasteiger partial charge on any atom is -0.385 e. The van der Waals surface area contributed by atoms with Crippen LogP contribution in [0, 0.1) is 13.8 Å². The Morgan fingerprint density at radius 3 is 2.43 bits per heavy atom. The highest BCUT2D eigenvalue weighted by Crippen LogP contribution is 2.23. The summed E-state index contributed by atoms with van der Waals surface area (Å²) in [6.07, 6.45) is -3.04. The highest BCUT2D eigenvalue weighted by atomic mass is 16.5. The lowest BCUT2D eigenvalue weighted by molar-refractivity contribution is -0.132. The molecule has 0 saturated heterocycles. The first-order valence-corrected chi connectivity index (χ1v) is 4.03. The molecule has 1 rings (SSSR count). The zero-order valence-electron chi connectivity index (χ0n) is 7.89. The van der Waals surface area contributed by atoms with Crippen molar-refractivity contribution in [1.82, 2.24) is 5.16 Å². The number of nitrogens with two attached hydrogens (primary N) is 1. The molecule has 78 valence electrons. The van der Waals surface area contributed by atoms with Crippen molar-refractivity contribution in [3.63, 3.8) is 0 Å². The van der Waals surface area contributed by atoms with Gasteiger partial charge in [0.15, 0.2) is 6.10 Å². The summed E-state index contributed by atoms with van der Waals surface area (Å²) in [5.41, 5.74) is 5.57. The molecule has 0 aliphatic carbocycles. The average Bonchev–Trinajstić information content (AvgIpc) is 2.44. The molecule has 0 saturated carbocycles. The lowest BCUT2D eigenvalue weighted by atomic mass is 10.0. The predicted octanol–water partition coefficient (Wildman–Crippen LogP) is -0.829. The number of rotatable bonds is 3. The molecule has 6 nitrogen and oxygen atoms in total. The molecule has 0 bridgehead atoms. The van der Waals surface area contributed by atoms with Gasteiger partial charge >= 0.3 is 0 Å². The molecule has 1 aromatic rings. The maximum absolute atomic E-state index is 10.6. The van der Waals surface area contributed by atoms with Gasteiger partial charge in [-0.05, 0) is 13.8 Å². The number of amides is 1. The van der Waals surface area contributed by atoms with Gasteiger partial charge in [-0.15, -0.1) is 0 Å². The smallest absolute Gasteiger partial charge is 0.249 e. The molecule has 2 unspecified atom stereocenters. The first kappa shape index (κ1) is 10.7. The summed E-state index contributed by atoms with van der Waals surface area (Å²) in [7, 11) is 0. The standard InChI is InChI=1S/C8H12N2O4/c1-3-5(4(2)14-10-3)6(11)7(12)8(9)13/h6-7,11-12H,1-2H3,(H2,9,13). The van der Waals surface area contributed by atoms with Crippen molar-refractivity contribution in [3.8, 4) is 0 Å². The number of carbonyl (C=O) groups is 1. The minimum atomic E-state index is -1.65. The van der Waals surface area contributed by atoms with Crippen LogP contribution in [0.25, 0.3) is 0 Å². The van der Waals surface area contributed by atoms with Crippen molar-refractivity contribution in [2.75, 3.05) is 0 Å². The van der Waals surface area contributed by atoms with Gasteiger partial charge in [0.25, 0.3) is 0 Å². The van der Waals surface area contributed by atoms with Crippen LogP contribution in [0.1, 0.15) is 23.1 Å². The molecule has 1 amide bonds. The molecule has 0 fully saturated rings. The summed E-state index contributed by atoms with van der Waals surface area (Å²) in [5, 5.41) is 22.4. The maximum Gasteiger partial charge on any atom is 0.249 e. The second-order valence-electron chi connectivity index (χ2n) is 3.03. The highest BCUT2D eigenvalue weighted by molar-refractivity contribution is 5.79. The molecular formula is C8H12N2O4. The van der Waals surface area contributed by atoms with Crippen LogP contribution in [0.2, 0.25) is 0 Å². The van der Waals surface area contributed by atoms with Gasteiger partial charge in [0.05, 0.1) is 5.69 Å². The van der Waals surface area contributed by atoms with Crippen LogP contribution in [-0.2, 0) is 4.79 Å². The fourth-order valence-corrected chi connectivity index (χ4v) is 1.23. The number of aliphatic hydroxyl groups excluding tert-OH is 2. The Morgan fingerprint density at radius 2 is 2.07 bits per heavy atom. The Kier molecular flexibility index (Phi) is 2.87. The first-order valence-electron chi connectivity index (χ1n) is 4.03. The third kappa shape index (κ3) is 1.75.